The zero-order valence-electron chi connectivity index (χ0n) is 23.9. The molecule has 2 heterocycles. The summed E-state index contributed by atoms with van der Waals surface area (Å²) < 4.78 is 11.2. The maximum absolute atomic E-state index is 13.6. The fraction of sp³-hybridized carbons (Fsp3) is 0.125. The van der Waals surface area contributed by atoms with E-state index < -0.39 is 28.4 Å². The highest BCUT2D eigenvalue weighted by molar-refractivity contribution is 8.00. The molecule has 1 saturated heterocycles. The van der Waals surface area contributed by atoms with E-state index in [1.54, 1.807) is 6.07 Å². The SMILES string of the molecule is COc1ccc(/C(O)=C2\C(=O)C(=O)N(c3nnc(SCc4cccc5ccccc45)s3)C2c2ccc([N+](=O)[O-])cc2)cc1OC. The van der Waals surface area contributed by atoms with E-state index in [-0.39, 0.29) is 22.0 Å². The Kier molecular flexibility index (Phi) is 8.20. The first kappa shape index (κ1) is 29.8. The number of nitrogens with zero attached hydrogens (tertiary/aromatic N) is 4. The number of carbonyl (C=O) groups is 2. The number of non-ortho nitro benzene ring substituents is 1. The van der Waals surface area contributed by atoms with Crippen LogP contribution in [0.15, 0.2) is 94.8 Å². The van der Waals surface area contributed by atoms with Gasteiger partial charge in [0.1, 0.15) is 5.76 Å². The molecule has 0 spiro atoms. The predicted molar refractivity (Wildman–Crippen MR) is 171 cm³/mol. The normalized spacial score (nSPS) is 15.9. The molecule has 11 nitrogen and oxygen atoms in total. The lowest BCUT2D eigenvalue weighted by Crippen LogP contribution is -2.29. The van der Waals surface area contributed by atoms with Crippen LogP contribution in [0.4, 0.5) is 10.8 Å². The van der Waals surface area contributed by atoms with E-state index in [1.165, 1.54) is 67.3 Å². The molecule has 1 amide bonds. The number of hydrogen-bond donors (Lipinski definition) is 1. The first-order chi connectivity index (χ1) is 21.8. The van der Waals surface area contributed by atoms with Gasteiger partial charge in [-0.25, -0.2) is 0 Å². The van der Waals surface area contributed by atoms with Gasteiger partial charge in [0, 0.05) is 23.4 Å². The number of Topliss-reactive ketones (excluding diaryl/α,β-unsaturated/α-hetero) is 1. The van der Waals surface area contributed by atoms with Crippen LogP contribution < -0.4 is 14.4 Å². The first-order valence-electron chi connectivity index (χ1n) is 13.5. The third-order valence-electron chi connectivity index (χ3n) is 7.35. The van der Waals surface area contributed by atoms with E-state index in [9.17, 15) is 24.8 Å². The molecule has 0 bridgehead atoms. The number of nitro groups is 1. The Hall–Kier alpha value is -5.27. The van der Waals surface area contributed by atoms with Crippen molar-refractivity contribution in [3.63, 3.8) is 0 Å². The molecular formula is C32H24N4O7S2. The van der Waals surface area contributed by atoms with Gasteiger partial charge in [0.2, 0.25) is 5.13 Å². The number of fused-ring (bicyclic) bond motifs is 1. The molecule has 6 rings (SSSR count). The molecule has 4 aromatic carbocycles. The summed E-state index contributed by atoms with van der Waals surface area (Å²) in [6.07, 6.45) is 0. The molecule has 226 valence electrons. The zero-order chi connectivity index (χ0) is 31.7. The number of thioether (sulfide) groups is 1. The van der Waals surface area contributed by atoms with Crippen molar-refractivity contribution in [1.82, 2.24) is 10.2 Å². The second-order valence-electron chi connectivity index (χ2n) is 9.86. The number of ketones is 1. The number of aromatic nitrogens is 2. The second-order valence-corrected chi connectivity index (χ2v) is 12.0. The lowest BCUT2D eigenvalue weighted by atomic mass is 9.95. The summed E-state index contributed by atoms with van der Waals surface area (Å²) >= 11 is 2.58. The Morgan fingerprint density at radius 1 is 0.978 bits per heavy atom. The van der Waals surface area contributed by atoms with Crippen LogP contribution in [0.1, 0.15) is 22.7 Å². The highest BCUT2D eigenvalue weighted by Gasteiger charge is 2.48. The fourth-order valence-electron chi connectivity index (χ4n) is 5.18. The maximum Gasteiger partial charge on any atom is 0.301 e. The lowest BCUT2D eigenvalue weighted by molar-refractivity contribution is -0.384. The molecule has 45 heavy (non-hydrogen) atoms. The number of ether oxygens (including phenoxy) is 2. The average molecular weight is 641 g/mol. The summed E-state index contributed by atoms with van der Waals surface area (Å²) in [5, 5.41) is 33.7. The van der Waals surface area contributed by atoms with Crippen LogP contribution in [-0.2, 0) is 15.3 Å². The minimum atomic E-state index is -1.14. The highest BCUT2D eigenvalue weighted by Crippen LogP contribution is 2.45. The molecule has 1 unspecified atom stereocenters. The van der Waals surface area contributed by atoms with Crippen LogP contribution in [0.25, 0.3) is 16.5 Å². The topological polar surface area (TPSA) is 145 Å². The number of anilines is 1. The van der Waals surface area contributed by atoms with Gasteiger partial charge in [-0.15, -0.1) is 10.2 Å². The summed E-state index contributed by atoms with van der Waals surface area (Å²) in [5.74, 6) is -0.994. The number of benzene rings is 4. The highest BCUT2D eigenvalue weighted by atomic mass is 32.2. The molecule has 1 aromatic heterocycles. The van der Waals surface area contributed by atoms with Crippen LogP contribution >= 0.6 is 23.1 Å². The van der Waals surface area contributed by atoms with Crippen LogP contribution in [0.2, 0.25) is 0 Å². The molecule has 0 aliphatic carbocycles. The van der Waals surface area contributed by atoms with Crippen molar-refractivity contribution in [1.29, 1.82) is 0 Å². The van der Waals surface area contributed by atoms with Crippen molar-refractivity contribution in [2.24, 2.45) is 0 Å². The molecule has 1 aliphatic rings. The van der Waals surface area contributed by atoms with E-state index in [2.05, 4.69) is 16.3 Å². The quantitative estimate of drug-likeness (QED) is 0.0359. The molecule has 1 atom stereocenters. The van der Waals surface area contributed by atoms with Gasteiger partial charge < -0.3 is 14.6 Å². The smallest absolute Gasteiger partial charge is 0.301 e. The third-order valence-corrected chi connectivity index (χ3v) is 9.46. The van der Waals surface area contributed by atoms with Crippen LogP contribution in [0, 0.1) is 10.1 Å². The van der Waals surface area contributed by atoms with Crippen LogP contribution in [-0.4, -0.2) is 46.1 Å². The maximum atomic E-state index is 13.6. The number of rotatable bonds is 9. The van der Waals surface area contributed by atoms with Crippen molar-refractivity contribution in [2.45, 2.75) is 16.1 Å². The molecule has 1 aliphatic heterocycles. The van der Waals surface area contributed by atoms with Gasteiger partial charge >= 0.3 is 5.91 Å². The van der Waals surface area contributed by atoms with E-state index in [4.69, 9.17) is 9.47 Å². The van der Waals surface area contributed by atoms with Gasteiger partial charge in [0.15, 0.2) is 15.8 Å². The first-order valence-corrected chi connectivity index (χ1v) is 15.3. The molecule has 1 N–H and O–H groups in total. The Bertz CT molecular complexity index is 1990. The average Bonchev–Trinajstić information content (AvgIpc) is 3.64. The third kappa shape index (κ3) is 5.58. The standard InChI is InChI=1S/C32H24N4O7S2/c1-42-24-15-12-20(16-25(24)43-2)28(37)26-27(19-10-13-22(14-11-19)36(40)41)35(30(39)29(26)38)31-33-34-32(45-31)44-17-21-8-5-7-18-6-3-4-9-23(18)21/h3-16,27,37H,17H2,1-2H3/b28-26+. The Morgan fingerprint density at radius 2 is 1.71 bits per heavy atom. The minimum absolute atomic E-state index is 0.146. The van der Waals surface area contributed by atoms with Crippen molar-refractivity contribution < 1.29 is 29.1 Å². The summed E-state index contributed by atoms with van der Waals surface area (Å²) in [6.45, 7) is 0. The number of nitro benzene ring substituents is 1. The van der Waals surface area contributed by atoms with Crippen molar-refractivity contribution in [2.75, 3.05) is 19.1 Å². The number of amides is 1. The second kappa shape index (κ2) is 12.4. The number of aliphatic hydroxyl groups is 1. The van der Waals surface area contributed by atoms with Gasteiger partial charge in [0.05, 0.1) is 30.8 Å². The molecule has 5 aromatic rings. The predicted octanol–water partition coefficient (Wildman–Crippen LogP) is 6.54. The molecule has 0 radical (unpaired) electrons. The number of methoxy groups -OCH3 is 2. The Labute approximate surface area is 264 Å². The van der Waals surface area contributed by atoms with Gasteiger partial charge in [-0.05, 0) is 52.2 Å². The van der Waals surface area contributed by atoms with Crippen LogP contribution in [0.3, 0.4) is 0 Å². The Balaban J connectivity index is 1.39. The molecular weight excluding hydrogens is 617 g/mol. The zero-order valence-corrected chi connectivity index (χ0v) is 25.5. The van der Waals surface area contributed by atoms with Gasteiger partial charge in [-0.2, -0.15) is 0 Å². The fourth-order valence-corrected chi connectivity index (χ4v) is 7.05. The summed E-state index contributed by atoms with van der Waals surface area (Å²) in [7, 11) is 2.90. The summed E-state index contributed by atoms with van der Waals surface area (Å²) in [4.78, 5) is 39.1. The molecule has 0 saturated carbocycles. The minimum Gasteiger partial charge on any atom is -0.507 e. The largest absolute Gasteiger partial charge is 0.507 e. The van der Waals surface area contributed by atoms with Crippen molar-refractivity contribution >= 4 is 62.1 Å². The summed E-state index contributed by atoms with van der Waals surface area (Å²) in [6, 6.07) is 23.0. The summed E-state index contributed by atoms with van der Waals surface area (Å²) in [5.41, 5.74) is 1.30. The monoisotopic (exact) mass is 640 g/mol. The Morgan fingerprint density at radius 3 is 2.44 bits per heavy atom. The van der Waals surface area contributed by atoms with Crippen molar-refractivity contribution in [3.8, 4) is 11.5 Å². The van der Waals surface area contributed by atoms with Gasteiger partial charge in [-0.1, -0.05) is 65.6 Å². The molecule has 1 fully saturated rings. The van der Waals surface area contributed by atoms with Gasteiger partial charge in [0.25, 0.3) is 11.5 Å². The van der Waals surface area contributed by atoms with Crippen molar-refractivity contribution in [3.05, 3.63) is 117 Å². The lowest BCUT2D eigenvalue weighted by Gasteiger charge is -2.22. The number of aliphatic hydroxyl groups excluding tert-OH is 1. The van der Waals surface area contributed by atoms with Gasteiger partial charge in [-0.3, -0.25) is 24.6 Å². The number of carbonyl (C=O) groups excluding carboxylic acids is 2. The van der Waals surface area contributed by atoms with Crippen LogP contribution in [0.5, 0.6) is 11.5 Å². The number of hydrogen-bond acceptors (Lipinski definition) is 11. The van der Waals surface area contributed by atoms with E-state index in [0.29, 0.717) is 27.2 Å². The van der Waals surface area contributed by atoms with E-state index in [1.807, 2.05) is 36.4 Å². The molecule has 13 heteroatoms. The van der Waals surface area contributed by atoms with E-state index in [0.717, 1.165) is 27.7 Å². The van der Waals surface area contributed by atoms with E-state index >= 15 is 0 Å².